The molecule has 9 heteroatoms. The number of carbonyl (C=O) groups excluding carboxylic acids is 3. The fraction of sp³-hybridized carbons (Fsp3) is 0.471. The lowest BCUT2D eigenvalue weighted by Gasteiger charge is -2.36. The maximum absolute atomic E-state index is 13.1. The van der Waals surface area contributed by atoms with Crippen molar-refractivity contribution in [3.63, 3.8) is 0 Å². The second kappa shape index (κ2) is 7.30. The smallest absolute Gasteiger partial charge is 0.347 e. The molecular weight excluding hydrogens is 369 g/mol. The van der Waals surface area contributed by atoms with Gasteiger partial charge >= 0.3 is 6.18 Å². The van der Waals surface area contributed by atoms with Crippen LogP contribution in [0.3, 0.4) is 0 Å². The Morgan fingerprint density at radius 2 is 1.85 bits per heavy atom. The van der Waals surface area contributed by atoms with Crippen molar-refractivity contribution >= 4 is 28.8 Å². The molecule has 2 aliphatic rings. The maximum Gasteiger partial charge on any atom is 0.417 e. The number of hydrogen-bond donors (Lipinski definition) is 1. The summed E-state index contributed by atoms with van der Waals surface area (Å²) in [6.45, 7) is 0. The van der Waals surface area contributed by atoms with Crippen LogP contribution in [-0.2, 0) is 11.0 Å². The number of thioether (sulfide) groups is 1. The van der Waals surface area contributed by atoms with Gasteiger partial charge in [-0.1, -0.05) is 36.7 Å². The highest BCUT2D eigenvalue weighted by atomic mass is 32.2. The number of nitrogens with one attached hydrogen (secondary N) is 1. The molecule has 0 aromatic heterocycles. The molecule has 0 bridgehead atoms. The van der Waals surface area contributed by atoms with E-state index in [1.54, 1.807) is 0 Å². The van der Waals surface area contributed by atoms with Crippen molar-refractivity contribution < 1.29 is 27.6 Å². The van der Waals surface area contributed by atoms with Gasteiger partial charge in [-0.3, -0.25) is 19.3 Å². The van der Waals surface area contributed by atoms with E-state index in [1.165, 1.54) is 12.1 Å². The number of halogens is 3. The largest absolute Gasteiger partial charge is 0.417 e. The predicted octanol–water partition coefficient (Wildman–Crippen LogP) is 3.44. The summed E-state index contributed by atoms with van der Waals surface area (Å²) in [5, 5.41) is 2.26. The van der Waals surface area contributed by atoms with E-state index in [9.17, 15) is 27.6 Å². The second-order valence-electron chi connectivity index (χ2n) is 6.29. The summed E-state index contributed by atoms with van der Waals surface area (Å²) in [7, 11) is 0. The first-order valence-corrected chi connectivity index (χ1v) is 9.23. The average molecular weight is 386 g/mol. The highest BCUT2D eigenvalue weighted by Gasteiger charge is 2.42. The van der Waals surface area contributed by atoms with Crippen LogP contribution < -0.4 is 5.32 Å². The van der Waals surface area contributed by atoms with E-state index >= 15 is 0 Å². The lowest BCUT2D eigenvalue weighted by Crippen LogP contribution is -2.54. The fourth-order valence-electron chi connectivity index (χ4n) is 3.45. The van der Waals surface area contributed by atoms with Crippen LogP contribution >= 0.6 is 11.8 Å². The first kappa shape index (κ1) is 18.8. The number of carbonyl (C=O) groups is 3. The first-order chi connectivity index (χ1) is 12.3. The van der Waals surface area contributed by atoms with E-state index in [0.29, 0.717) is 12.8 Å². The van der Waals surface area contributed by atoms with E-state index in [1.807, 2.05) is 0 Å². The van der Waals surface area contributed by atoms with Gasteiger partial charge in [0.15, 0.2) is 0 Å². The highest BCUT2D eigenvalue weighted by molar-refractivity contribution is 8.14. The highest BCUT2D eigenvalue weighted by Crippen LogP contribution is 2.33. The summed E-state index contributed by atoms with van der Waals surface area (Å²) in [5.41, 5.74) is -1.47. The van der Waals surface area contributed by atoms with E-state index in [-0.39, 0.29) is 16.9 Å². The van der Waals surface area contributed by atoms with Crippen molar-refractivity contribution in [2.75, 3.05) is 5.75 Å². The van der Waals surface area contributed by atoms with Crippen LogP contribution in [0.1, 0.15) is 41.6 Å². The van der Waals surface area contributed by atoms with Gasteiger partial charge in [0.25, 0.3) is 11.1 Å². The summed E-state index contributed by atoms with van der Waals surface area (Å²) in [6, 6.07) is 3.51. The van der Waals surface area contributed by atoms with E-state index < -0.39 is 35.3 Å². The zero-order valence-corrected chi connectivity index (χ0v) is 14.5. The Morgan fingerprint density at radius 1 is 1.15 bits per heavy atom. The maximum atomic E-state index is 13.1. The van der Waals surface area contributed by atoms with Crippen molar-refractivity contribution in [1.29, 1.82) is 0 Å². The van der Waals surface area contributed by atoms with Crippen molar-refractivity contribution in [2.45, 2.75) is 43.9 Å². The minimum Gasteiger partial charge on any atom is -0.347 e. The molecule has 26 heavy (non-hydrogen) atoms. The molecule has 1 N–H and O–H groups in total. The van der Waals surface area contributed by atoms with Crippen molar-refractivity contribution in [3.05, 3.63) is 35.4 Å². The van der Waals surface area contributed by atoms with Gasteiger partial charge in [0.1, 0.15) is 0 Å². The van der Waals surface area contributed by atoms with Gasteiger partial charge in [-0.2, -0.15) is 13.2 Å². The zero-order valence-electron chi connectivity index (χ0n) is 13.7. The number of imide groups is 1. The summed E-state index contributed by atoms with van der Waals surface area (Å²) in [6.07, 6.45) is -2.04. The Labute approximate surface area is 152 Å². The van der Waals surface area contributed by atoms with Crippen LogP contribution in [0.25, 0.3) is 0 Å². The van der Waals surface area contributed by atoms with Crippen LogP contribution in [-0.4, -0.2) is 39.8 Å². The SMILES string of the molecule is O=C(NC1CCCCC1N1C(=O)CSC1=O)c1ccccc1C(F)(F)F. The van der Waals surface area contributed by atoms with Crippen LogP contribution in [0.5, 0.6) is 0 Å². The molecule has 0 spiro atoms. The molecule has 1 aliphatic carbocycles. The quantitative estimate of drug-likeness (QED) is 0.864. The first-order valence-electron chi connectivity index (χ1n) is 8.25. The zero-order chi connectivity index (χ0) is 18.9. The number of rotatable bonds is 3. The number of amides is 3. The van der Waals surface area contributed by atoms with Gasteiger partial charge in [-0.05, 0) is 25.0 Å². The average Bonchev–Trinajstić information content (AvgIpc) is 2.93. The molecule has 3 amide bonds. The fourth-order valence-corrected chi connectivity index (χ4v) is 4.21. The Kier molecular flexibility index (Phi) is 5.27. The topological polar surface area (TPSA) is 66.5 Å². The van der Waals surface area contributed by atoms with E-state index in [2.05, 4.69) is 5.32 Å². The van der Waals surface area contributed by atoms with Gasteiger partial charge < -0.3 is 5.32 Å². The Hall–Kier alpha value is -2.03. The molecule has 2 unspecified atom stereocenters. The van der Waals surface area contributed by atoms with Gasteiger partial charge in [-0.25, -0.2) is 0 Å². The number of hydrogen-bond acceptors (Lipinski definition) is 4. The van der Waals surface area contributed by atoms with Crippen LogP contribution in [0.4, 0.5) is 18.0 Å². The number of alkyl halides is 3. The minimum absolute atomic E-state index is 0.0624. The van der Waals surface area contributed by atoms with Gasteiger partial charge in [0.05, 0.1) is 29.0 Å². The third-order valence-electron chi connectivity index (χ3n) is 4.64. The van der Waals surface area contributed by atoms with Crippen molar-refractivity contribution in [1.82, 2.24) is 10.2 Å². The molecule has 5 nitrogen and oxygen atoms in total. The van der Waals surface area contributed by atoms with Gasteiger partial charge in [-0.15, -0.1) is 0 Å². The normalized spacial score (nSPS) is 24.0. The summed E-state index contributed by atoms with van der Waals surface area (Å²) < 4.78 is 39.4. The van der Waals surface area contributed by atoms with Crippen LogP contribution in [0, 0.1) is 0 Å². The van der Waals surface area contributed by atoms with Crippen LogP contribution in [0.2, 0.25) is 0 Å². The van der Waals surface area contributed by atoms with Gasteiger partial charge in [0, 0.05) is 0 Å². The molecule has 1 aromatic carbocycles. The van der Waals surface area contributed by atoms with E-state index in [0.717, 1.165) is 41.6 Å². The molecule has 3 rings (SSSR count). The second-order valence-corrected chi connectivity index (χ2v) is 7.22. The summed E-state index contributed by atoms with van der Waals surface area (Å²) in [5.74, 6) is -1.10. The number of nitrogens with zero attached hydrogens (tertiary/aromatic N) is 1. The predicted molar refractivity (Wildman–Crippen MR) is 89.7 cm³/mol. The van der Waals surface area contributed by atoms with Crippen LogP contribution in [0.15, 0.2) is 24.3 Å². The molecule has 140 valence electrons. The third-order valence-corrected chi connectivity index (χ3v) is 5.47. The number of benzene rings is 1. The molecule has 1 saturated carbocycles. The standard InChI is InChI=1S/C17H17F3N2O3S/c18-17(19,20)11-6-2-1-5-10(11)15(24)21-12-7-3-4-8-13(12)22-14(23)9-26-16(22)25/h1-2,5-6,12-13H,3-4,7-9H2,(H,21,24). The summed E-state index contributed by atoms with van der Waals surface area (Å²) in [4.78, 5) is 37.6. The lowest BCUT2D eigenvalue weighted by molar-refractivity contribution is -0.138. The molecule has 2 fully saturated rings. The molecule has 0 radical (unpaired) electrons. The minimum atomic E-state index is -4.64. The third kappa shape index (κ3) is 3.72. The van der Waals surface area contributed by atoms with Gasteiger partial charge in [0.2, 0.25) is 5.91 Å². The molecule has 1 heterocycles. The van der Waals surface area contributed by atoms with Crippen molar-refractivity contribution in [2.24, 2.45) is 0 Å². The van der Waals surface area contributed by atoms with E-state index in [4.69, 9.17) is 0 Å². The van der Waals surface area contributed by atoms with Crippen molar-refractivity contribution in [3.8, 4) is 0 Å². The molecule has 1 saturated heterocycles. The molecular formula is C17H17F3N2O3S. The molecule has 2 atom stereocenters. The summed E-state index contributed by atoms with van der Waals surface area (Å²) >= 11 is 0.906. The molecule has 1 aromatic rings. The molecule has 1 aliphatic heterocycles. The Bertz CT molecular complexity index is 722. The Morgan fingerprint density at radius 3 is 2.50 bits per heavy atom. The monoisotopic (exact) mass is 386 g/mol. The lowest BCUT2D eigenvalue weighted by atomic mass is 9.89. The Balaban J connectivity index is 1.82.